The molecule has 3 N–H and O–H groups in total. The third-order valence-corrected chi connectivity index (χ3v) is 2.45. The molecule has 2 rings (SSSR count). The highest BCUT2D eigenvalue weighted by Gasteiger charge is 2.35. The minimum atomic E-state index is 0.332. The molecule has 2 atom stereocenters. The molecule has 1 fully saturated rings. The molecular weight excluding hydrogens is 164 g/mol. The Morgan fingerprint density at radius 1 is 1.69 bits per heavy atom. The highest BCUT2D eigenvalue weighted by molar-refractivity contribution is 5.40. The second-order valence-electron chi connectivity index (χ2n) is 3.45. The zero-order chi connectivity index (χ0) is 9.26. The van der Waals surface area contributed by atoms with E-state index in [1.807, 2.05) is 6.07 Å². The Morgan fingerprint density at radius 3 is 3.15 bits per heavy atom. The molecule has 1 aromatic rings. The summed E-state index contributed by atoms with van der Waals surface area (Å²) in [5, 5.41) is 3.33. The second-order valence-corrected chi connectivity index (χ2v) is 3.45. The maximum absolute atomic E-state index is 5.46. The van der Waals surface area contributed by atoms with Gasteiger partial charge in [-0.15, -0.1) is 0 Å². The third-order valence-electron chi connectivity index (χ3n) is 2.45. The van der Waals surface area contributed by atoms with E-state index in [4.69, 9.17) is 5.73 Å². The van der Waals surface area contributed by atoms with Crippen LogP contribution in [0.2, 0.25) is 0 Å². The van der Waals surface area contributed by atoms with Gasteiger partial charge in [-0.2, -0.15) is 4.98 Å². The molecule has 70 valence electrons. The predicted molar refractivity (Wildman–Crippen MR) is 52.3 cm³/mol. The summed E-state index contributed by atoms with van der Waals surface area (Å²) in [5.74, 6) is 1.99. The van der Waals surface area contributed by atoms with E-state index in [9.17, 15) is 0 Å². The van der Waals surface area contributed by atoms with Gasteiger partial charge in [-0.25, -0.2) is 4.98 Å². The molecule has 0 aromatic carbocycles. The molecule has 1 aromatic heterocycles. The van der Waals surface area contributed by atoms with Crippen LogP contribution in [0.4, 0.5) is 11.8 Å². The fourth-order valence-electron chi connectivity index (χ4n) is 1.52. The SMILES string of the molecule is CCC1CC1Nc1ccnc(N)n1. The van der Waals surface area contributed by atoms with Crippen molar-refractivity contribution in [3.05, 3.63) is 12.3 Å². The molecule has 0 bridgehead atoms. The topological polar surface area (TPSA) is 63.8 Å². The van der Waals surface area contributed by atoms with Gasteiger partial charge in [0.2, 0.25) is 5.95 Å². The average Bonchev–Trinajstić information content (AvgIpc) is 2.83. The average molecular weight is 178 g/mol. The summed E-state index contributed by atoms with van der Waals surface area (Å²) in [6.45, 7) is 2.21. The standard InChI is InChI=1S/C9H14N4/c1-2-6-5-7(6)12-8-3-4-11-9(10)13-8/h3-4,6-7H,2,5H2,1H3,(H3,10,11,12,13). The predicted octanol–water partition coefficient (Wildman–Crippen LogP) is 1.27. The van der Waals surface area contributed by atoms with Crippen molar-refractivity contribution in [1.82, 2.24) is 9.97 Å². The van der Waals surface area contributed by atoms with Crippen molar-refractivity contribution < 1.29 is 0 Å². The van der Waals surface area contributed by atoms with E-state index in [0.29, 0.717) is 12.0 Å². The number of nitrogens with two attached hydrogens (primary N) is 1. The second kappa shape index (κ2) is 3.20. The first-order chi connectivity index (χ1) is 6.29. The first-order valence-electron chi connectivity index (χ1n) is 4.64. The molecule has 13 heavy (non-hydrogen) atoms. The van der Waals surface area contributed by atoms with Gasteiger partial charge < -0.3 is 11.1 Å². The monoisotopic (exact) mass is 178 g/mol. The van der Waals surface area contributed by atoms with Crippen LogP contribution in [0, 0.1) is 5.92 Å². The molecule has 1 heterocycles. The van der Waals surface area contributed by atoms with Gasteiger partial charge in [0, 0.05) is 12.2 Å². The molecule has 0 amide bonds. The van der Waals surface area contributed by atoms with E-state index in [-0.39, 0.29) is 0 Å². The lowest BCUT2D eigenvalue weighted by atomic mass is 10.3. The molecule has 0 radical (unpaired) electrons. The normalized spacial score (nSPS) is 25.6. The lowest BCUT2D eigenvalue weighted by Gasteiger charge is -2.03. The van der Waals surface area contributed by atoms with E-state index in [1.165, 1.54) is 12.8 Å². The summed E-state index contributed by atoms with van der Waals surface area (Å²) < 4.78 is 0. The van der Waals surface area contributed by atoms with Crippen molar-refractivity contribution in [2.45, 2.75) is 25.8 Å². The van der Waals surface area contributed by atoms with E-state index in [2.05, 4.69) is 22.2 Å². The van der Waals surface area contributed by atoms with Gasteiger partial charge in [0.25, 0.3) is 0 Å². The number of nitrogens with one attached hydrogen (secondary N) is 1. The van der Waals surface area contributed by atoms with Crippen molar-refractivity contribution in [1.29, 1.82) is 0 Å². The van der Waals surface area contributed by atoms with Gasteiger partial charge in [0.15, 0.2) is 0 Å². The number of rotatable bonds is 3. The van der Waals surface area contributed by atoms with Crippen LogP contribution >= 0.6 is 0 Å². The maximum atomic E-state index is 5.46. The van der Waals surface area contributed by atoms with Crippen LogP contribution < -0.4 is 11.1 Å². The van der Waals surface area contributed by atoms with Gasteiger partial charge in [0.05, 0.1) is 0 Å². The summed E-state index contributed by atoms with van der Waals surface area (Å²) in [6.07, 6.45) is 4.16. The molecule has 0 spiro atoms. The van der Waals surface area contributed by atoms with Gasteiger partial charge in [-0.1, -0.05) is 13.3 Å². The number of nitrogen functional groups attached to an aromatic ring is 1. The van der Waals surface area contributed by atoms with Crippen molar-refractivity contribution in [2.75, 3.05) is 11.1 Å². The minimum Gasteiger partial charge on any atom is -0.368 e. The molecular formula is C9H14N4. The Labute approximate surface area is 77.6 Å². The van der Waals surface area contributed by atoms with E-state index < -0.39 is 0 Å². The molecule has 4 heteroatoms. The Balaban J connectivity index is 1.95. The third kappa shape index (κ3) is 1.88. The van der Waals surface area contributed by atoms with Gasteiger partial charge in [0.1, 0.15) is 5.82 Å². The number of anilines is 2. The first kappa shape index (κ1) is 8.29. The Kier molecular flexibility index (Phi) is 2.04. The summed E-state index contributed by atoms with van der Waals surface area (Å²) in [7, 11) is 0. The number of hydrogen-bond acceptors (Lipinski definition) is 4. The lowest BCUT2D eigenvalue weighted by Crippen LogP contribution is -2.07. The van der Waals surface area contributed by atoms with Crippen molar-refractivity contribution in [3.63, 3.8) is 0 Å². The van der Waals surface area contributed by atoms with Crippen LogP contribution in [0.3, 0.4) is 0 Å². The van der Waals surface area contributed by atoms with Crippen molar-refractivity contribution in [3.8, 4) is 0 Å². The Morgan fingerprint density at radius 2 is 2.54 bits per heavy atom. The summed E-state index contributed by atoms with van der Waals surface area (Å²) in [5.41, 5.74) is 5.46. The van der Waals surface area contributed by atoms with Gasteiger partial charge >= 0.3 is 0 Å². The Hall–Kier alpha value is -1.32. The quantitative estimate of drug-likeness (QED) is 0.731. The van der Waals surface area contributed by atoms with E-state index >= 15 is 0 Å². The molecule has 1 aliphatic carbocycles. The molecule has 2 unspecified atom stereocenters. The zero-order valence-corrected chi connectivity index (χ0v) is 7.70. The summed E-state index contributed by atoms with van der Waals surface area (Å²) >= 11 is 0. The van der Waals surface area contributed by atoms with Crippen molar-refractivity contribution >= 4 is 11.8 Å². The molecule has 0 saturated heterocycles. The van der Waals surface area contributed by atoms with Gasteiger partial charge in [-0.3, -0.25) is 0 Å². The number of nitrogens with zero attached hydrogens (tertiary/aromatic N) is 2. The van der Waals surface area contributed by atoms with Gasteiger partial charge in [-0.05, 0) is 18.4 Å². The summed E-state index contributed by atoms with van der Waals surface area (Å²) in [4.78, 5) is 7.91. The smallest absolute Gasteiger partial charge is 0.221 e. The molecule has 0 aliphatic heterocycles. The van der Waals surface area contributed by atoms with Crippen LogP contribution in [0.25, 0.3) is 0 Å². The van der Waals surface area contributed by atoms with E-state index in [1.54, 1.807) is 6.20 Å². The fraction of sp³-hybridized carbons (Fsp3) is 0.556. The Bertz CT molecular complexity index is 299. The highest BCUT2D eigenvalue weighted by Crippen LogP contribution is 2.35. The van der Waals surface area contributed by atoms with E-state index in [0.717, 1.165) is 11.7 Å². The number of hydrogen-bond donors (Lipinski definition) is 2. The minimum absolute atomic E-state index is 0.332. The van der Waals surface area contributed by atoms with Crippen molar-refractivity contribution in [2.24, 2.45) is 5.92 Å². The largest absolute Gasteiger partial charge is 0.368 e. The number of aromatic nitrogens is 2. The maximum Gasteiger partial charge on any atom is 0.221 e. The van der Waals surface area contributed by atoms with Crippen LogP contribution in [-0.4, -0.2) is 16.0 Å². The van der Waals surface area contributed by atoms with Crippen LogP contribution in [-0.2, 0) is 0 Å². The zero-order valence-electron chi connectivity index (χ0n) is 7.70. The lowest BCUT2D eigenvalue weighted by molar-refractivity contribution is 0.773. The molecule has 1 aliphatic rings. The van der Waals surface area contributed by atoms with Crippen LogP contribution in [0.5, 0.6) is 0 Å². The van der Waals surface area contributed by atoms with Crippen LogP contribution in [0.1, 0.15) is 19.8 Å². The molecule has 1 saturated carbocycles. The first-order valence-corrected chi connectivity index (χ1v) is 4.64. The highest BCUT2D eigenvalue weighted by atomic mass is 15.1. The molecule has 4 nitrogen and oxygen atoms in total. The fourth-order valence-corrected chi connectivity index (χ4v) is 1.52. The van der Waals surface area contributed by atoms with Crippen LogP contribution in [0.15, 0.2) is 12.3 Å². The summed E-state index contributed by atoms with van der Waals surface area (Å²) in [6, 6.07) is 2.45.